The molecule has 0 N–H and O–H groups in total. The van der Waals surface area contributed by atoms with Gasteiger partial charge in [-0.15, -0.1) is 0 Å². The first kappa shape index (κ1) is 15.4. The Kier molecular flexibility index (Phi) is 4.32. The topological polar surface area (TPSA) is 40.6 Å². The van der Waals surface area contributed by atoms with E-state index in [1.54, 1.807) is 6.20 Å². The Morgan fingerprint density at radius 1 is 1.04 bits per heavy atom. The Labute approximate surface area is 142 Å². The molecule has 1 spiro atoms. The summed E-state index contributed by atoms with van der Waals surface area (Å²) in [5, 5.41) is 0. The summed E-state index contributed by atoms with van der Waals surface area (Å²) in [6, 6.07) is 14.2. The fourth-order valence-corrected chi connectivity index (χ4v) is 3.29. The number of benzene rings is 1. The smallest absolute Gasteiger partial charge is 0.221 e. The van der Waals surface area contributed by atoms with Gasteiger partial charge in [0.15, 0.2) is 5.79 Å². The first-order chi connectivity index (χ1) is 11.8. The van der Waals surface area contributed by atoms with Gasteiger partial charge in [0, 0.05) is 24.6 Å². The number of pyridine rings is 1. The van der Waals surface area contributed by atoms with Crippen molar-refractivity contribution in [2.75, 3.05) is 13.2 Å². The van der Waals surface area contributed by atoms with E-state index >= 15 is 0 Å². The molecule has 124 valence electrons. The van der Waals surface area contributed by atoms with Crippen LogP contribution in [0.15, 0.2) is 54.7 Å². The van der Waals surface area contributed by atoms with Gasteiger partial charge in [-0.1, -0.05) is 36.4 Å². The largest absolute Gasteiger partial charge is 0.472 e. The highest BCUT2D eigenvalue weighted by atomic mass is 16.7. The molecular weight excluding hydrogens is 302 g/mol. The van der Waals surface area contributed by atoms with Gasteiger partial charge in [0.05, 0.1) is 13.2 Å². The lowest BCUT2D eigenvalue weighted by molar-refractivity contribution is -0.159. The van der Waals surface area contributed by atoms with Gasteiger partial charge in [0.25, 0.3) is 0 Å². The van der Waals surface area contributed by atoms with Gasteiger partial charge in [-0.3, -0.25) is 0 Å². The molecule has 2 aliphatic rings. The van der Waals surface area contributed by atoms with Crippen LogP contribution in [0.5, 0.6) is 5.88 Å². The molecule has 0 amide bonds. The summed E-state index contributed by atoms with van der Waals surface area (Å²) in [4.78, 5) is 4.43. The van der Waals surface area contributed by atoms with Crippen LogP contribution in [0, 0.1) is 0 Å². The Morgan fingerprint density at radius 3 is 2.62 bits per heavy atom. The Bertz CT molecular complexity index is 721. The highest BCUT2D eigenvalue weighted by Gasteiger charge is 2.38. The van der Waals surface area contributed by atoms with Crippen molar-refractivity contribution in [3.05, 3.63) is 65.9 Å². The molecule has 2 aromatic rings. The van der Waals surface area contributed by atoms with Gasteiger partial charge in [-0.2, -0.15) is 0 Å². The van der Waals surface area contributed by atoms with Crippen molar-refractivity contribution in [3.8, 4) is 5.88 Å². The number of aromatic nitrogens is 1. The second-order valence-electron chi connectivity index (χ2n) is 6.17. The molecular formula is C20H21NO3. The third kappa shape index (κ3) is 3.21. The van der Waals surface area contributed by atoms with Crippen molar-refractivity contribution in [2.24, 2.45) is 0 Å². The van der Waals surface area contributed by atoms with E-state index in [1.165, 1.54) is 5.57 Å². The number of nitrogens with zero attached hydrogens (tertiary/aromatic N) is 1. The summed E-state index contributed by atoms with van der Waals surface area (Å²) >= 11 is 0. The molecule has 4 heteroatoms. The first-order valence-electron chi connectivity index (χ1n) is 8.44. The van der Waals surface area contributed by atoms with Crippen LogP contribution < -0.4 is 4.74 Å². The minimum atomic E-state index is -0.392. The second-order valence-corrected chi connectivity index (χ2v) is 6.17. The van der Waals surface area contributed by atoms with Crippen LogP contribution in [0.4, 0.5) is 0 Å². The van der Waals surface area contributed by atoms with Gasteiger partial charge < -0.3 is 14.2 Å². The van der Waals surface area contributed by atoms with E-state index in [0.29, 0.717) is 25.7 Å². The van der Waals surface area contributed by atoms with Crippen molar-refractivity contribution in [1.29, 1.82) is 0 Å². The van der Waals surface area contributed by atoms with E-state index in [0.717, 1.165) is 30.4 Å². The minimum absolute atomic E-state index is 0.392. The standard InChI is InChI=1S/C20H21NO3/c1-2-5-16(6-3-1)15-22-19-18(7-4-12-21-19)17-8-10-20(11-9-17)23-13-14-24-20/h1-8,12H,9-11,13-15H2. The zero-order chi connectivity index (χ0) is 16.2. The van der Waals surface area contributed by atoms with Crippen molar-refractivity contribution in [1.82, 2.24) is 4.98 Å². The molecule has 4 nitrogen and oxygen atoms in total. The van der Waals surface area contributed by atoms with Crippen LogP contribution in [-0.2, 0) is 16.1 Å². The van der Waals surface area contributed by atoms with Crippen molar-refractivity contribution >= 4 is 5.57 Å². The Balaban J connectivity index is 1.50. The molecule has 1 aliphatic carbocycles. The number of hydrogen-bond donors (Lipinski definition) is 0. The summed E-state index contributed by atoms with van der Waals surface area (Å²) in [7, 11) is 0. The van der Waals surface area contributed by atoms with Crippen LogP contribution in [0.1, 0.15) is 30.4 Å². The maximum atomic E-state index is 5.98. The fraction of sp³-hybridized carbons (Fsp3) is 0.350. The summed E-state index contributed by atoms with van der Waals surface area (Å²) in [6.45, 7) is 1.91. The molecule has 1 aliphatic heterocycles. The average molecular weight is 323 g/mol. The van der Waals surface area contributed by atoms with Crippen molar-refractivity contribution < 1.29 is 14.2 Å². The van der Waals surface area contributed by atoms with E-state index in [9.17, 15) is 0 Å². The van der Waals surface area contributed by atoms with Crippen LogP contribution in [0.25, 0.3) is 5.57 Å². The molecule has 0 saturated carbocycles. The van der Waals surface area contributed by atoms with E-state index in [2.05, 4.69) is 29.3 Å². The molecule has 24 heavy (non-hydrogen) atoms. The Morgan fingerprint density at radius 2 is 1.88 bits per heavy atom. The van der Waals surface area contributed by atoms with E-state index in [-0.39, 0.29) is 0 Å². The SMILES string of the molecule is C1=C(c2cccnc2OCc2ccccc2)CCC2(C1)OCCO2. The monoisotopic (exact) mass is 323 g/mol. The molecule has 0 atom stereocenters. The predicted octanol–water partition coefficient (Wildman–Crippen LogP) is 3.97. The van der Waals surface area contributed by atoms with Crippen LogP contribution in [-0.4, -0.2) is 24.0 Å². The highest BCUT2D eigenvalue weighted by molar-refractivity contribution is 5.70. The van der Waals surface area contributed by atoms with E-state index < -0.39 is 5.79 Å². The zero-order valence-electron chi connectivity index (χ0n) is 13.6. The van der Waals surface area contributed by atoms with E-state index in [1.807, 2.05) is 24.3 Å². The zero-order valence-corrected chi connectivity index (χ0v) is 13.6. The number of rotatable bonds is 4. The molecule has 1 aromatic carbocycles. The molecule has 2 heterocycles. The van der Waals surface area contributed by atoms with Gasteiger partial charge in [0.2, 0.25) is 5.88 Å². The third-order valence-electron chi connectivity index (χ3n) is 4.58. The molecule has 1 aromatic heterocycles. The van der Waals surface area contributed by atoms with Gasteiger partial charge in [0.1, 0.15) is 6.61 Å². The van der Waals surface area contributed by atoms with Gasteiger partial charge in [-0.25, -0.2) is 4.98 Å². The molecule has 0 unspecified atom stereocenters. The van der Waals surface area contributed by atoms with Crippen LogP contribution in [0.2, 0.25) is 0 Å². The summed E-state index contributed by atoms with van der Waals surface area (Å²) < 4.78 is 17.6. The summed E-state index contributed by atoms with van der Waals surface area (Å²) in [5.74, 6) is 0.299. The third-order valence-corrected chi connectivity index (χ3v) is 4.58. The normalized spacial score (nSPS) is 19.2. The lowest BCUT2D eigenvalue weighted by Crippen LogP contribution is -2.31. The fourth-order valence-electron chi connectivity index (χ4n) is 3.29. The number of allylic oxidation sites excluding steroid dienone is 1. The highest BCUT2D eigenvalue weighted by Crippen LogP contribution is 2.39. The lowest BCUT2D eigenvalue weighted by Gasteiger charge is -2.30. The van der Waals surface area contributed by atoms with Gasteiger partial charge in [-0.05, 0) is 29.7 Å². The van der Waals surface area contributed by atoms with Crippen LogP contribution in [0.3, 0.4) is 0 Å². The average Bonchev–Trinajstić information content (AvgIpc) is 3.10. The summed E-state index contributed by atoms with van der Waals surface area (Å²) in [6.07, 6.45) is 6.56. The molecule has 0 bridgehead atoms. The first-order valence-corrected chi connectivity index (χ1v) is 8.44. The van der Waals surface area contributed by atoms with Crippen molar-refractivity contribution in [2.45, 2.75) is 31.7 Å². The maximum Gasteiger partial charge on any atom is 0.221 e. The second kappa shape index (κ2) is 6.75. The quantitative estimate of drug-likeness (QED) is 0.853. The molecule has 0 radical (unpaired) electrons. The molecule has 1 saturated heterocycles. The van der Waals surface area contributed by atoms with Gasteiger partial charge >= 0.3 is 0 Å². The Hall–Kier alpha value is -2.17. The van der Waals surface area contributed by atoms with Crippen molar-refractivity contribution in [3.63, 3.8) is 0 Å². The lowest BCUT2D eigenvalue weighted by atomic mass is 9.90. The number of hydrogen-bond acceptors (Lipinski definition) is 4. The minimum Gasteiger partial charge on any atom is -0.472 e. The molecule has 4 rings (SSSR count). The van der Waals surface area contributed by atoms with E-state index in [4.69, 9.17) is 14.2 Å². The molecule has 1 fully saturated rings. The number of ether oxygens (including phenoxy) is 3. The van der Waals surface area contributed by atoms with Crippen LogP contribution >= 0.6 is 0 Å². The predicted molar refractivity (Wildman–Crippen MR) is 91.5 cm³/mol. The maximum absolute atomic E-state index is 5.98. The summed E-state index contributed by atoms with van der Waals surface area (Å²) in [5.41, 5.74) is 3.47.